The lowest BCUT2D eigenvalue weighted by atomic mass is 9.98. The minimum absolute atomic E-state index is 0.131. The number of aromatic nitrogens is 4. The highest BCUT2D eigenvalue weighted by atomic mass is 16.4. The predicted octanol–water partition coefficient (Wildman–Crippen LogP) is 2.51. The van der Waals surface area contributed by atoms with Crippen LogP contribution >= 0.6 is 0 Å². The van der Waals surface area contributed by atoms with Crippen molar-refractivity contribution in [2.75, 3.05) is 0 Å². The Labute approximate surface area is 150 Å². The molecule has 2 atom stereocenters. The van der Waals surface area contributed by atoms with Crippen LogP contribution in [-0.4, -0.2) is 36.7 Å². The summed E-state index contributed by atoms with van der Waals surface area (Å²) < 4.78 is 1.27. The van der Waals surface area contributed by atoms with Gasteiger partial charge in [0.05, 0.1) is 17.1 Å². The number of amides is 1. The first-order valence-electron chi connectivity index (χ1n) is 8.43. The molecule has 3 rings (SSSR count). The van der Waals surface area contributed by atoms with E-state index in [1.165, 1.54) is 10.7 Å². The number of imidazole rings is 1. The smallest absolute Gasteiger partial charge is 0.356 e. The topological polar surface area (TPSA) is 113 Å². The lowest BCUT2D eigenvalue weighted by Crippen LogP contribution is -2.34. The molecule has 3 aromatic rings. The van der Waals surface area contributed by atoms with Crippen LogP contribution in [0.3, 0.4) is 0 Å². The summed E-state index contributed by atoms with van der Waals surface area (Å²) in [5.74, 6) is -0.755. The zero-order valence-electron chi connectivity index (χ0n) is 14.9. The molecule has 0 bridgehead atoms. The quantitative estimate of drug-likeness (QED) is 0.629. The third-order valence-electron chi connectivity index (χ3n) is 4.53. The number of benzene rings is 1. The molecule has 0 spiro atoms. The molecule has 3 N–H and O–H groups in total. The number of nitrogens with zero attached hydrogens (tertiary/aromatic N) is 3. The van der Waals surface area contributed by atoms with Crippen molar-refractivity contribution in [3.05, 3.63) is 47.5 Å². The Balaban J connectivity index is 1.91. The van der Waals surface area contributed by atoms with Crippen LogP contribution in [0.15, 0.2) is 30.3 Å². The highest BCUT2D eigenvalue weighted by Gasteiger charge is 2.26. The van der Waals surface area contributed by atoms with Crippen molar-refractivity contribution in [3.63, 3.8) is 0 Å². The van der Waals surface area contributed by atoms with Gasteiger partial charge in [0.2, 0.25) is 0 Å². The molecule has 0 saturated heterocycles. The summed E-state index contributed by atoms with van der Waals surface area (Å²) in [5.41, 5.74) is 1.76. The fourth-order valence-corrected chi connectivity index (χ4v) is 2.84. The van der Waals surface area contributed by atoms with Crippen molar-refractivity contribution in [1.29, 1.82) is 0 Å². The molecule has 136 valence electrons. The van der Waals surface area contributed by atoms with E-state index < -0.39 is 11.9 Å². The monoisotopic (exact) mass is 355 g/mol. The number of fused-ring (bicyclic) bond motifs is 1. The van der Waals surface area contributed by atoms with Crippen LogP contribution < -0.4 is 5.32 Å². The second-order valence-corrected chi connectivity index (χ2v) is 6.32. The highest BCUT2D eigenvalue weighted by Crippen LogP contribution is 2.25. The molecule has 0 fully saturated rings. The van der Waals surface area contributed by atoms with E-state index in [1.54, 1.807) is 7.05 Å². The van der Waals surface area contributed by atoms with Crippen molar-refractivity contribution in [2.24, 2.45) is 13.0 Å². The Morgan fingerprint density at radius 2 is 2.08 bits per heavy atom. The normalized spacial score (nSPS) is 13.5. The van der Waals surface area contributed by atoms with Gasteiger partial charge in [0.25, 0.3) is 5.91 Å². The first kappa shape index (κ1) is 17.7. The molecule has 2 aromatic heterocycles. The molecular weight excluding hydrogens is 334 g/mol. The summed E-state index contributed by atoms with van der Waals surface area (Å²) in [6, 6.07) is 8.61. The Morgan fingerprint density at radius 1 is 1.35 bits per heavy atom. The number of aromatic carboxylic acids is 1. The van der Waals surface area contributed by atoms with E-state index in [1.807, 2.05) is 38.1 Å². The molecule has 0 saturated carbocycles. The number of hydrogen-bond acceptors (Lipinski definition) is 4. The average Bonchev–Trinajstić information content (AvgIpc) is 3.22. The highest BCUT2D eigenvalue weighted by molar-refractivity contribution is 5.95. The number of aromatic amines is 1. The molecular formula is C18H21N5O3. The molecule has 8 heteroatoms. The number of para-hydroxylation sites is 2. The number of nitrogens with one attached hydrogen (secondary N) is 2. The summed E-state index contributed by atoms with van der Waals surface area (Å²) in [7, 11) is 1.54. The standard InChI is InChI=1S/C18H21N5O3/c1-4-10(2)15(16-19-11-7-5-6-8-12(11)20-16)21-17(24)14-9-13(18(25)26)22-23(14)3/h5-10,15H,4H2,1-3H3,(H,19,20)(H,21,24)(H,25,26). The molecule has 0 radical (unpaired) electrons. The van der Waals surface area contributed by atoms with Gasteiger partial charge in [0.1, 0.15) is 11.5 Å². The lowest BCUT2D eigenvalue weighted by Gasteiger charge is -2.22. The Kier molecular flexibility index (Phi) is 4.75. The second-order valence-electron chi connectivity index (χ2n) is 6.32. The SMILES string of the molecule is CCC(C)C(NC(=O)c1cc(C(=O)O)nn1C)c1nc2ccccc2[nH]1. The maximum Gasteiger partial charge on any atom is 0.356 e. The van der Waals surface area contributed by atoms with E-state index >= 15 is 0 Å². The number of aryl methyl sites for hydroxylation is 1. The van der Waals surface area contributed by atoms with Crippen molar-refractivity contribution in [3.8, 4) is 0 Å². The Hall–Kier alpha value is -3.16. The van der Waals surface area contributed by atoms with Gasteiger partial charge in [-0.3, -0.25) is 9.48 Å². The number of H-pyrrole nitrogens is 1. The van der Waals surface area contributed by atoms with Gasteiger partial charge < -0.3 is 15.4 Å². The number of carboxylic acid groups (broad SMARTS) is 1. The fourth-order valence-electron chi connectivity index (χ4n) is 2.84. The van der Waals surface area contributed by atoms with Gasteiger partial charge in [-0.2, -0.15) is 5.10 Å². The fraction of sp³-hybridized carbons (Fsp3) is 0.333. The molecule has 1 amide bonds. The lowest BCUT2D eigenvalue weighted by molar-refractivity contribution is 0.0689. The zero-order chi connectivity index (χ0) is 18.8. The number of carbonyl (C=O) groups is 2. The average molecular weight is 355 g/mol. The molecule has 2 heterocycles. The zero-order valence-corrected chi connectivity index (χ0v) is 14.9. The van der Waals surface area contributed by atoms with Gasteiger partial charge in [-0.25, -0.2) is 9.78 Å². The van der Waals surface area contributed by atoms with Gasteiger partial charge in [-0.15, -0.1) is 0 Å². The summed E-state index contributed by atoms with van der Waals surface area (Å²) >= 11 is 0. The molecule has 0 aliphatic carbocycles. The maximum atomic E-state index is 12.7. The molecule has 0 aliphatic heterocycles. The van der Waals surface area contributed by atoms with Crippen molar-refractivity contribution < 1.29 is 14.7 Å². The predicted molar refractivity (Wildman–Crippen MR) is 95.9 cm³/mol. The van der Waals surface area contributed by atoms with Crippen LogP contribution in [-0.2, 0) is 7.05 Å². The molecule has 1 aromatic carbocycles. The van der Waals surface area contributed by atoms with Gasteiger partial charge in [-0.05, 0) is 18.1 Å². The minimum Gasteiger partial charge on any atom is -0.476 e. The van der Waals surface area contributed by atoms with E-state index in [9.17, 15) is 9.59 Å². The second kappa shape index (κ2) is 6.99. The number of carboxylic acids is 1. The van der Waals surface area contributed by atoms with Crippen molar-refractivity contribution >= 4 is 22.9 Å². The first-order chi connectivity index (χ1) is 12.4. The molecule has 26 heavy (non-hydrogen) atoms. The van der Waals surface area contributed by atoms with Crippen molar-refractivity contribution in [1.82, 2.24) is 25.1 Å². The van der Waals surface area contributed by atoms with E-state index in [4.69, 9.17) is 5.11 Å². The number of hydrogen-bond donors (Lipinski definition) is 3. The van der Waals surface area contributed by atoms with E-state index in [0.29, 0.717) is 5.82 Å². The molecule has 2 unspecified atom stereocenters. The summed E-state index contributed by atoms with van der Waals surface area (Å²) in [6.45, 7) is 4.07. The maximum absolute atomic E-state index is 12.7. The van der Waals surface area contributed by atoms with E-state index in [2.05, 4.69) is 20.4 Å². The summed E-state index contributed by atoms with van der Waals surface area (Å²) in [6.07, 6.45) is 0.841. The van der Waals surface area contributed by atoms with E-state index in [0.717, 1.165) is 17.5 Å². The molecule has 0 aliphatic rings. The number of carbonyl (C=O) groups excluding carboxylic acids is 1. The molecule has 8 nitrogen and oxygen atoms in total. The largest absolute Gasteiger partial charge is 0.476 e. The third-order valence-corrected chi connectivity index (χ3v) is 4.53. The van der Waals surface area contributed by atoms with Gasteiger partial charge in [-0.1, -0.05) is 32.4 Å². The van der Waals surface area contributed by atoms with Gasteiger partial charge in [0, 0.05) is 13.1 Å². The first-order valence-corrected chi connectivity index (χ1v) is 8.43. The third kappa shape index (κ3) is 3.30. The van der Waals surface area contributed by atoms with Crippen LogP contribution in [0.25, 0.3) is 11.0 Å². The van der Waals surface area contributed by atoms with Crippen molar-refractivity contribution in [2.45, 2.75) is 26.3 Å². The summed E-state index contributed by atoms with van der Waals surface area (Å²) in [4.78, 5) is 31.6. The number of rotatable bonds is 6. The van der Waals surface area contributed by atoms with Gasteiger partial charge >= 0.3 is 5.97 Å². The Bertz CT molecular complexity index is 926. The van der Waals surface area contributed by atoms with E-state index in [-0.39, 0.29) is 23.3 Å². The van der Waals surface area contributed by atoms with Crippen LogP contribution in [0.4, 0.5) is 0 Å². The Morgan fingerprint density at radius 3 is 2.69 bits per heavy atom. The van der Waals surface area contributed by atoms with Crippen LogP contribution in [0.5, 0.6) is 0 Å². The van der Waals surface area contributed by atoms with Crippen LogP contribution in [0.1, 0.15) is 53.1 Å². The summed E-state index contributed by atoms with van der Waals surface area (Å²) in [5, 5.41) is 15.9. The van der Waals surface area contributed by atoms with Crippen LogP contribution in [0.2, 0.25) is 0 Å². The van der Waals surface area contributed by atoms with Gasteiger partial charge in [0.15, 0.2) is 5.69 Å². The minimum atomic E-state index is -1.17. The van der Waals surface area contributed by atoms with Crippen LogP contribution in [0, 0.1) is 5.92 Å².